The van der Waals surface area contributed by atoms with E-state index in [9.17, 15) is 9.90 Å². The van der Waals surface area contributed by atoms with Crippen LogP contribution in [0.3, 0.4) is 0 Å². The van der Waals surface area contributed by atoms with Gasteiger partial charge in [-0.3, -0.25) is 20.0 Å². The average Bonchev–Trinajstić information content (AvgIpc) is 2.88. The Morgan fingerprint density at radius 3 is 2.38 bits per heavy atom. The Labute approximate surface area is 119 Å². The van der Waals surface area contributed by atoms with Crippen LogP contribution in [0.2, 0.25) is 0 Å². The molecule has 0 saturated heterocycles. The summed E-state index contributed by atoms with van der Waals surface area (Å²) in [6, 6.07) is 9.80. The fourth-order valence-electron chi connectivity index (χ4n) is 1.80. The minimum atomic E-state index is -0.365. The summed E-state index contributed by atoms with van der Waals surface area (Å²) in [7, 11) is 0. The number of H-pyrrole nitrogens is 2. The zero-order chi connectivity index (χ0) is 14.7. The number of nitrogens with one attached hydrogen (secondary N) is 2. The largest absolute Gasteiger partial charge is 0.508 e. The molecule has 0 saturated carbocycles. The van der Waals surface area contributed by atoms with Gasteiger partial charge in [-0.15, -0.1) is 5.11 Å². The quantitative estimate of drug-likeness (QED) is 0.642. The number of benzene rings is 1. The van der Waals surface area contributed by atoms with Crippen molar-refractivity contribution in [2.24, 2.45) is 10.2 Å². The maximum absolute atomic E-state index is 11.8. The Balaban J connectivity index is 2.00. The van der Waals surface area contributed by atoms with Crippen LogP contribution in [0.25, 0.3) is 11.3 Å². The van der Waals surface area contributed by atoms with Gasteiger partial charge in [-0.05, 0) is 36.4 Å². The molecule has 0 bridgehead atoms. The Bertz CT molecular complexity index is 819. The number of azo groups is 1. The van der Waals surface area contributed by atoms with Crippen LogP contribution in [0.15, 0.2) is 63.8 Å². The fourth-order valence-corrected chi connectivity index (χ4v) is 1.80. The van der Waals surface area contributed by atoms with Gasteiger partial charge >= 0.3 is 0 Å². The third-order valence-corrected chi connectivity index (χ3v) is 2.84. The van der Waals surface area contributed by atoms with Crippen LogP contribution in [0, 0.1) is 0 Å². The van der Waals surface area contributed by atoms with Gasteiger partial charge in [0.25, 0.3) is 5.56 Å². The van der Waals surface area contributed by atoms with E-state index in [0.717, 1.165) is 5.56 Å². The summed E-state index contributed by atoms with van der Waals surface area (Å²) in [4.78, 5) is 15.7. The molecule has 0 amide bonds. The van der Waals surface area contributed by atoms with Gasteiger partial charge in [0.1, 0.15) is 5.75 Å². The molecule has 7 heteroatoms. The van der Waals surface area contributed by atoms with Crippen molar-refractivity contribution < 1.29 is 5.11 Å². The number of hydrogen-bond acceptors (Lipinski definition) is 5. The van der Waals surface area contributed by atoms with Crippen molar-refractivity contribution in [3.05, 3.63) is 59.1 Å². The molecular formula is C14H11N5O2. The molecule has 7 nitrogen and oxygen atoms in total. The molecule has 0 aliphatic carbocycles. The van der Waals surface area contributed by atoms with Gasteiger partial charge in [0.05, 0.1) is 11.4 Å². The third-order valence-electron chi connectivity index (χ3n) is 2.84. The van der Waals surface area contributed by atoms with Crippen LogP contribution in [0.1, 0.15) is 0 Å². The first-order valence-corrected chi connectivity index (χ1v) is 6.16. The summed E-state index contributed by atoms with van der Waals surface area (Å²) in [5, 5.41) is 22.5. The number of aromatic nitrogens is 3. The number of nitrogens with zero attached hydrogens (tertiary/aromatic N) is 3. The minimum absolute atomic E-state index is 0.150. The van der Waals surface area contributed by atoms with E-state index in [1.165, 1.54) is 12.1 Å². The molecule has 0 aliphatic rings. The molecule has 0 unspecified atom stereocenters. The molecule has 3 aromatic rings. The zero-order valence-electron chi connectivity index (χ0n) is 10.8. The van der Waals surface area contributed by atoms with E-state index in [1.807, 2.05) is 0 Å². The van der Waals surface area contributed by atoms with Gasteiger partial charge < -0.3 is 5.11 Å². The van der Waals surface area contributed by atoms with E-state index in [-0.39, 0.29) is 17.0 Å². The van der Waals surface area contributed by atoms with E-state index < -0.39 is 0 Å². The molecule has 21 heavy (non-hydrogen) atoms. The van der Waals surface area contributed by atoms with Crippen molar-refractivity contribution in [2.75, 3.05) is 0 Å². The molecule has 104 valence electrons. The lowest BCUT2D eigenvalue weighted by molar-refractivity contribution is 0.475. The van der Waals surface area contributed by atoms with Gasteiger partial charge in [0, 0.05) is 18.0 Å². The standard InChI is InChI=1S/C14H11N5O2/c20-11-3-1-9(2-4-11)12-13(14(21)19-17-12)18-16-10-5-7-15-8-6-10/h1-8,20H,(H2,17,19,21). The lowest BCUT2D eigenvalue weighted by Gasteiger charge is -1.99. The van der Waals surface area contributed by atoms with E-state index >= 15 is 0 Å². The SMILES string of the molecule is O=c1[nH][nH]c(-c2ccc(O)cc2)c1N=Nc1ccncc1. The summed E-state index contributed by atoms with van der Waals surface area (Å²) < 4.78 is 0. The molecular weight excluding hydrogens is 270 g/mol. The average molecular weight is 281 g/mol. The van der Waals surface area contributed by atoms with Crippen LogP contribution in [0.5, 0.6) is 5.75 Å². The molecule has 0 fully saturated rings. The maximum Gasteiger partial charge on any atom is 0.292 e. The summed E-state index contributed by atoms with van der Waals surface area (Å²) in [6.45, 7) is 0. The van der Waals surface area contributed by atoms with Gasteiger partial charge in [0.2, 0.25) is 0 Å². The number of aromatic amines is 2. The topological polar surface area (TPSA) is 106 Å². The zero-order valence-corrected chi connectivity index (χ0v) is 10.8. The predicted molar refractivity (Wildman–Crippen MR) is 76.9 cm³/mol. The van der Waals surface area contributed by atoms with E-state index in [0.29, 0.717) is 11.4 Å². The molecule has 2 heterocycles. The molecule has 0 atom stereocenters. The van der Waals surface area contributed by atoms with Crippen molar-refractivity contribution in [1.29, 1.82) is 0 Å². The van der Waals surface area contributed by atoms with Crippen molar-refractivity contribution in [2.45, 2.75) is 0 Å². The van der Waals surface area contributed by atoms with Crippen LogP contribution < -0.4 is 5.56 Å². The van der Waals surface area contributed by atoms with E-state index in [2.05, 4.69) is 25.4 Å². The number of rotatable bonds is 3. The second-order valence-corrected chi connectivity index (χ2v) is 4.26. The summed E-state index contributed by atoms with van der Waals surface area (Å²) in [6.07, 6.45) is 3.19. The maximum atomic E-state index is 11.8. The van der Waals surface area contributed by atoms with Crippen molar-refractivity contribution in [3.8, 4) is 17.0 Å². The normalized spacial score (nSPS) is 11.0. The number of hydrogen-bond donors (Lipinski definition) is 3. The Kier molecular flexibility index (Phi) is 3.30. The lowest BCUT2D eigenvalue weighted by Crippen LogP contribution is -1.96. The van der Waals surface area contributed by atoms with Crippen LogP contribution in [-0.4, -0.2) is 20.3 Å². The number of aromatic hydroxyl groups is 1. The van der Waals surface area contributed by atoms with Gasteiger partial charge in [0.15, 0.2) is 5.69 Å². The fraction of sp³-hybridized carbons (Fsp3) is 0. The number of pyridine rings is 1. The highest BCUT2D eigenvalue weighted by Gasteiger charge is 2.11. The first-order chi connectivity index (χ1) is 10.2. The van der Waals surface area contributed by atoms with E-state index in [1.54, 1.807) is 36.7 Å². The van der Waals surface area contributed by atoms with Crippen molar-refractivity contribution in [3.63, 3.8) is 0 Å². The summed E-state index contributed by atoms with van der Waals surface area (Å²) in [5.41, 5.74) is 1.64. The molecule has 0 aliphatic heterocycles. The highest BCUT2D eigenvalue weighted by atomic mass is 16.3. The number of phenolic OH excluding ortho intramolecular Hbond substituents is 1. The highest BCUT2D eigenvalue weighted by Crippen LogP contribution is 2.27. The summed E-state index contributed by atoms with van der Waals surface area (Å²) >= 11 is 0. The van der Waals surface area contributed by atoms with Crippen LogP contribution in [0.4, 0.5) is 11.4 Å². The smallest absolute Gasteiger partial charge is 0.292 e. The lowest BCUT2D eigenvalue weighted by atomic mass is 10.1. The molecule has 2 aromatic heterocycles. The third kappa shape index (κ3) is 2.71. The monoisotopic (exact) mass is 281 g/mol. The number of phenols is 1. The van der Waals surface area contributed by atoms with Crippen molar-refractivity contribution in [1.82, 2.24) is 15.2 Å². The highest BCUT2D eigenvalue weighted by molar-refractivity contribution is 5.71. The predicted octanol–water partition coefficient (Wildman–Crippen LogP) is 2.89. The molecule has 1 aromatic carbocycles. The Morgan fingerprint density at radius 2 is 1.67 bits per heavy atom. The second kappa shape index (κ2) is 5.41. The Hall–Kier alpha value is -3.22. The minimum Gasteiger partial charge on any atom is -0.508 e. The first-order valence-electron chi connectivity index (χ1n) is 6.16. The van der Waals surface area contributed by atoms with Crippen LogP contribution in [-0.2, 0) is 0 Å². The summed E-state index contributed by atoms with van der Waals surface area (Å²) in [5.74, 6) is 0.150. The Morgan fingerprint density at radius 1 is 0.952 bits per heavy atom. The van der Waals surface area contributed by atoms with Gasteiger partial charge in [-0.2, -0.15) is 5.11 Å². The van der Waals surface area contributed by atoms with Gasteiger partial charge in [-0.1, -0.05) is 0 Å². The molecule has 3 N–H and O–H groups in total. The second-order valence-electron chi connectivity index (χ2n) is 4.26. The molecule has 0 radical (unpaired) electrons. The first kappa shape index (κ1) is 12.8. The van der Waals surface area contributed by atoms with Gasteiger partial charge in [-0.25, -0.2) is 0 Å². The molecule has 3 rings (SSSR count). The molecule has 0 spiro atoms. The van der Waals surface area contributed by atoms with Crippen LogP contribution >= 0.6 is 0 Å². The van der Waals surface area contributed by atoms with E-state index in [4.69, 9.17) is 0 Å². The van der Waals surface area contributed by atoms with Crippen molar-refractivity contribution >= 4 is 11.4 Å².